The molecule has 0 heterocycles. The maximum Gasteiger partial charge on any atom is 0.243 e. The molecule has 142 valence electrons. The lowest BCUT2D eigenvalue weighted by Gasteiger charge is -2.21. The third kappa shape index (κ3) is 9.09. The van der Waals surface area contributed by atoms with Crippen LogP contribution in [0.4, 0.5) is 0 Å². The van der Waals surface area contributed by atoms with Crippen LogP contribution in [0.25, 0.3) is 0 Å². The highest BCUT2D eigenvalue weighted by Crippen LogP contribution is 2.11. The zero-order valence-corrected chi connectivity index (χ0v) is 18.4. The molecular weight excluding hydrogens is 427 g/mol. The predicted molar refractivity (Wildman–Crippen MR) is 116 cm³/mol. The van der Waals surface area contributed by atoms with Crippen LogP contribution in [0.15, 0.2) is 35.3 Å². The Hall–Kier alpha value is -1.31. The molecule has 0 bridgehead atoms. The molecule has 0 aliphatic carbocycles. The molecule has 2 N–H and O–H groups in total. The minimum Gasteiger partial charge on any atom is -0.356 e. The van der Waals surface area contributed by atoms with Gasteiger partial charge in [-0.1, -0.05) is 57.0 Å². The van der Waals surface area contributed by atoms with Crippen molar-refractivity contribution in [2.45, 2.75) is 39.7 Å². The molecule has 0 spiro atoms. The second-order valence-electron chi connectivity index (χ2n) is 6.29. The van der Waals surface area contributed by atoms with Crippen molar-refractivity contribution in [3.8, 4) is 0 Å². The molecule has 1 rings (SSSR count). The van der Waals surface area contributed by atoms with Crippen LogP contribution < -0.4 is 10.6 Å². The Morgan fingerprint density at radius 1 is 1.16 bits per heavy atom. The monoisotopic (exact) mass is 460 g/mol. The molecule has 1 aromatic rings. The molecule has 5 nitrogen and oxygen atoms in total. The Kier molecular flexibility index (Phi) is 12.3. The van der Waals surface area contributed by atoms with Gasteiger partial charge in [-0.05, 0) is 18.4 Å². The summed E-state index contributed by atoms with van der Waals surface area (Å²) in [6, 6.07) is 10.3. The van der Waals surface area contributed by atoms with Gasteiger partial charge in [0.1, 0.15) is 6.54 Å². The topological polar surface area (TPSA) is 56.7 Å². The van der Waals surface area contributed by atoms with E-state index in [-0.39, 0.29) is 42.5 Å². The first-order chi connectivity index (χ1) is 11.5. The van der Waals surface area contributed by atoms with Crippen LogP contribution in [0.5, 0.6) is 0 Å². The lowest BCUT2D eigenvalue weighted by atomic mass is 10.0. The van der Waals surface area contributed by atoms with Crippen LogP contribution in [0.3, 0.4) is 0 Å². The summed E-state index contributed by atoms with van der Waals surface area (Å²) in [6.45, 7) is 7.49. The number of aliphatic imine (C=N–C) groups is 1. The maximum absolute atomic E-state index is 11.8. The highest BCUT2D eigenvalue weighted by Gasteiger charge is 2.11. The summed E-state index contributed by atoms with van der Waals surface area (Å²) >= 11 is 0. The number of nitrogens with one attached hydrogen (secondary N) is 2. The average Bonchev–Trinajstić information content (AvgIpc) is 2.60. The van der Waals surface area contributed by atoms with E-state index >= 15 is 0 Å². The van der Waals surface area contributed by atoms with Crippen LogP contribution in [0.2, 0.25) is 0 Å². The number of rotatable bonds is 8. The van der Waals surface area contributed by atoms with Crippen LogP contribution in [-0.4, -0.2) is 44.0 Å². The molecule has 0 radical (unpaired) electrons. The SMILES string of the molecule is CCC(CC)CNC(=NCC(=O)N(C)C)NC(C)c1ccccc1.I. The Morgan fingerprint density at radius 2 is 1.76 bits per heavy atom. The van der Waals surface area contributed by atoms with Gasteiger partial charge in [0.2, 0.25) is 5.91 Å². The maximum atomic E-state index is 11.8. The second kappa shape index (κ2) is 13.0. The van der Waals surface area contributed by atoms with Gasteiger partial charge in [-0.25, -0.2) is 4.99 Å². The number of nitrogens with zero attached hydrogens (tertiary/aromatic N) is 2. The fraction of sp³-hybridized carbons (Fsp3) is 0.579. The molecule has 1 amide bonds. The molecule has 0 aliphatic heterocycles. The van der Waals surface area contributed by atoms with Gasteiger partial charge in [-0.15, -0.1) is 24.0 Å². The van der Waals surface area contributed by atoms with Gasteiger partial charge in [0.05, 0.1) is 6.04 Å². The molecule has 0 fully saturated rings. The first-order valence-electron chi connectivity index (χ1n) is 8.77. The minimum atomic E-state index is -0.00834. The Morgan fingerprint density at radius 3 is 2.28 bits per heavy atom. The van der Waals surface area contributed by atoms with Crippen LogP contribution in [-0.2, 0) is 4.79 Å². The zero-order valence-electron chi connectivity index (χ0n) is 16.1. The Labute approximate surface area is 169 Å². The lowest BCUT2D eigenvalue weighted by Crippen LogP contribution is -2.41. The minimum absolute atomic E-state index is 0. The van der Waals surface area contributed by atoms with Crippen LogP contribution in [0, 0.1) is 5.92 Å². The van der Waals surface area contributed by atoms with Gasteiger partial charge in [0.15, 0.2) is 5.96 Å². The average molecular weight is 460 g/mol. The quantitative estimate of drug-likeness (QED) is 0.355. The van der Waals surface area contributed by atoms with Crippen molar-refractivity contribution in [3.63, 3.8) is 0 Å². The van der Waals surface area contributed by atoms with Gasteiger partial charge in [0, 0.05) is 20.6 Å². The van der Waals surface area contributed by atoms with Crippen LogP contribution in [0.1, 0.15) is 45.2 Å². The molecule has 1 atom stereocenters. The largest absolute Gasteiger partial charge is 0.356 e. The van der Waals surface area contributed by atoms with E-state index in [0.29, 0.717) is 11.9 Å². The van der Waals surface area contributed by atoms with Crippen molar-refractivity contribution >= 4 is 35.8 Å². The predicted octanol–water partition coefficient (Wildman–Crippen LogP) is 3.43. The first kappa shape index (κ1) is 23.7. The number of benzene rings is 1. The summed E-state index contributed by atoms with van der Waals surface area (Å²) in [5.74, 6) is 1.29. The Bertz CT molecular complexity index is 515. The van der Waals surface area contributed by atoms with Crippen LogP contribution >= 0.6 is 24.0 Å². The van der Waals surface area contributed by atoms with E-state index in [9.17, 15) is 4.79 Å². The third-order valence-corrected chi connectivity index (χ3v) is 4.24. The normalized spacial score (nSPS) is 12.3. The van der Waals surface area contributed by atoms with Gasteiger partial charge < -0.3 is 15.5 Å². The van der Waals surface area contributed by atoms with E-state index in [4.69, 9.17) is 0 Å². The van der Waals surface area contributed by atoms with Crippen molar-refractivity contribution in [1.82, 2.24) is 15.5 Å². The number of halogens is 1. The highest BCUT2D eigenvalue weighted by atomic mass is 127. The smallest absolute Gasteiger partial charge is 0.243 e. The van der Waals surface area contributed by atoms with Crippen molar-refractivity contribution in [3.05, 3.63) is 35.9 Å². The van der Waals surface area contributed by atoms with Crippen molar-refractivity contribution < 1.29 is 4.79 Å². The number of hydrogen-bond donors (Lipinski definition) is 2. The van der Waals surface area contributed by atoms with E-state index in [1.165, 1.54) is 5.56 Å². The molecular formula is C19H33IN4O. The molecule has 25 heavy (non-hydrogen) atoms. The zero-order chi connectivity index (χ0) is 17.9. The number of guanidine groups is 1. The summed E-state index contributed by atoms with van der Waals surface area (Å²) in [5, 5.41) is 6.78. The Balaban J connectivity index is 0.00000576. The fourth-order valence-electron chi connectivity index (χ4n) is 2.29. The summed E-state index contributed by atoms with van der Waals surface area (Å²) in [6.07, 6.45) is 2.25. The van der Waals surface area contributed by atoms with Gasteiger partial charge in [-0.3, -0.25) is 4.79 Å². The van der Waals surface area contributed by atoms with Gasteiger partial charge in [0.25, 0.3) is 0 Å². The molecule has 6 heteroatoms. The van der Waals surface area contributed by atoms with E-state index in [1.54, 1.807) is 19.0 Å². The molecule has 0 aliphatic rings. The fourth-order valence-corrected chi connectivity index (χ4v) is 2.29. The number of carbonyl (C=O) groups is 1. The summed E-state index contributed by atoms with van der Waals surface area (Å²) in [5.41, 5.74) is 1.19. The summed E-state index contributed by atoms with van der Waals surface area (Å²) in [7, 11) is 3.49. The lowest BCUT2D eigenvalue weighted by molar-refractivity contribution is -0.127. The third-order valence-electron chi connectivity index (χ3n) is 4.24. The molecule has 1 unspecified atom stereocenters. The van der Waals surface area contributed by atoms with Crippen molar-refractivity contribution in [1.29, 1.82) is 0 Å². The van der Waals surface area contributed by atoms with Crippen molar-refractivity contribution in [2.24, 2.45) is 10.9 Å². The molecule has 1 aromatic carbocycles. The first-order valence-corrected chi connectivity index (χ1v) is 8.77. The number of amides is 1. The van der Waals surface area contributed by atoms with E-state index in [1.807, 2.05) is 18.2 Å². The molecule has 0 saturated carbocycles. The van der Waals surface area contributed by atoms with E-state index in [0.717, 1.165) is 19.4 Å². The second-order valence-corrected chi connectivity index (χ2v) is 6.29. The number of hydrogen-bond acceptors (Lipinski definition) is 2. The number of carbonyl (C=O) groups excluding carboxylic acids is 1. The van der Waals surface area contributed by atoms with Crippen molar-refractivity contribution in [2.75, 3.05) is 27.2 Å². The summed E-state index contributed by atoms with van der Waals surface area (Å²) in [4.78, 5) is 17.8. The highest BCUT2D eigenvalue weighted by molar-refractivity contribution is 14.0. The van der Waals surface area contributed by atoms with Gasteiger partial charge >= 0.3 is 0 Å². The van der Waals surface area contributed by atoms with E-state index in [2.05, 4.69) is 48.5 Å². The molecule has 0 aromatic heterocycles. The van der Waals surface area contributed by atoms with Gasteiger partial charge in [-0.2, -0.15) is 0 Å². The summed E-state index contributed by atoms with van der Waals surface area (Å²) < 4.78 is 0. The standard InChI is InChI=1S/C19H32N4O.HI/c1-6-16(7-2)13-20-19(21-14-18(24)23(4)5)22-15(3)17-11-9-8-10-12-17;/h8-12,15-16H,6-7,13-14H2,1-5H3,(H2,20,21,22);1H. The van der Waals surface area contributed by atoms with E-state index < -0.39 is 0 Å². The number of likely N-dealkylation sites (N-methyl/N-ethyl adjacent to an activating group) is 1. The molecule has 0 saturated heterocycles.